The van der Waals surface area contributed by atoms with Gasteiger partial charge in [-0.25, -0.2) is 0 Å². The maximum absolute atomic E-state index is 12.2. The standard InChI is InChI=1S/2C18H15P.C14H20O2S2.C4H8O.Pd/c2*1-4-10-16(11-5-1)19(17-12-6-2-7-13-17)18-14-8-3-9-15-18;1-13(2,3)7-9(15)10(16)8(14(4,5)6)12(18)11(7)17;1-2-4-5-3-1;/h2*1-15H;17-18H,1-6H3;1-4H2;/q;;;;+2/p-2. The van der Waals surface area contributed by atoms with Crippen LogP contribution in [-0.4, -0.2) is 24.8 Å². The minimum absolute atomic E-state index is 0. The van der Waals surface area contributed by atoms with Crippen molar-refractivity contribution >= 4 is 84.5 Å². The molecule has 6 aromatic rings. The van der Waals surface area contributed by atoms with Crippen LogP contribution < -0.4 is 31.8 Å². The maximum Gasteiger partial charge on any atom is 2.00 e. The van der Waals surface area contributed by atoms with E-state index in [0.29, 0.717) is 21.0 Å². The molecule has 2 aliphatic rings. The van der Waals surface area contributed by atoms with E-state index in [1.165, 1.54) is 44.7 Å². The van der Waals surface area contributed by atoms with E-state index in [0.717, 1.165) is 13.2 Å². The van der Waals surface area contributed by atoms with Gasteiger partial charge in [-0.2, -0.15) is 9.81 Å². The molecule has 1 fully saturated rings. The first-order valence-electron chi connectivity index (χ1n) is 20.7. The van der Waals surface area contributed by atoms with Gasteiger partial charge in [0.2, 0.25) is 11.6 Å². The Hall–Kier alpha value is -3.94. The molecule has 0 bridgehead atoms. The Morgan fingerprint density at radius 2 is 0.581 bits per heavy atom. The van der Waals surface area contributed by atoms with E-state index < -0.39 is 38.2 Å². The second-order valence-corrected chi connectivity index (χ2v) is 21.8. The summed E-state index contributed by atoms with van der Waals surface area (Å²) in [5.41, 5.74) is -0.171. The number of hydrogen-bond donors (Lipinski definition) is 0. The van der Waals surface area contributed by atoms with Crippen molar-refractivity contribution in [1.82, 2.24) is 0 Å². The summed E-state index contributed by atoms with van der Waals surface area (Å²) in [6.07, 6.45) is 2.56. The zero-order valence-electron chi connectivity index (χ0n) is 36.4. The Morgan fingerprint density at radius 1 is 0.387 bits per heavy atom. The van der Waals surface area contributed by atoms with E-state index in [9.17, 15) is 9.59 Å². The van der Waals surface area contributed by atoms with E-state index >= 15 is 0 Å². The molecule has 1 heterocycles. The molecule has 62 heavy (non-hydrogen) atoms. The van der Waals surface area contributed by atoms with Crippen molar-refractivity contribution in [3.8, 4) is 0 Å². The second-order valence-electron chi connectivity index (χ2n) is 16.6. The molecule has 3 nitrogen and oxygen atoms in total. The van der Waals surface area contributed by atoms with Crippen LogP contribution in [-0.2, 0) is 60.0 Å². The van der Waals surface area contributed by atoms with Crippen LogP contribution in [0.5, 0.6) is 0 Å². The van der Waals surface area contributed by atoms with E-state index in [4.69, 9.17) is 30.0 Å². The summed E-state index contributed by atoms with van der Waals surface area (Å²) in [7, 11) is -0.892. The smallest absolute Gasteiger partial charge is 0.781 e. The Labute approximate surface area is 397 Å². The molecular formula is C54H56O3P2PdS2. The van der Waals surface area contributed by atoms with Gasteiger partial charge in [0.25, 0.3) is 0 Å². The average molecular weight is 986 g/mol. The van der Waals surface area contributed by atoms with Crippen LogP contribution in [0.15, 0.2) is 203 Å². The van der Waals surface area contributed by atoms with Gasteiger partial charge in [0.1, 0.15) is 0 Å². The van der Waals surface area contributed by atoms with Gasteiger partial charge >= 0.3 is 20.4 Å². The molecule has 6 aromatic carbocycles. The number of carbonyl (C=O) groups excluding carboxylic acids is 2. The molecular weight excluding hydrogens is 929 g/mol. The minimum Gasteiger partial charge on any atom is -0.781 e. The van der Waals surface area contributed by atoms with Crippen molar-refractivity contribution < 1.29 is 34.7 Å². The molecule has 8 rings (SSSR count). The molecule has 0 atom stereocenters. The third-order valence-corrected chi connectivity index (χ3v) is 15.6. The SMILES string of the molecule is C1CCOC1.CC(C)(C)C1=C([S-])C([S-])=C(C(C)(C)C)C(=O)C1=O.[Pd+2].c1ccc(P(c2ccccc2)c2ccccc2)cc1.c1ccc(P(c2ccccc2)c2ccccc2)cc1. The molecule has 0 saturated carbocycles. The van der Waals surface area contributed by atoms with Crippen molar-refractivity contribution in [2.45, 2.75) is 54.4 Å². The predicted octanol–water partition coefficient (Wildman–Crippen LogP) is 10.5. The normalized spacial score (nSPS) is 13.9. The fraction of sp³-hybridized carbons (Fsp3) is 0.222. The molecule has 0 radical (unpaired) electrons. The number of carbonyl (C=O) groups is 2. The van der Waals surface area contributed by atoms with Gasteiger partial charge in [0.05, 0.1) is 0 Å². The van der Waals surface area contributed by atoms with Crippen molar-refractivity contribution in [1.29, 1.82) is 0 Å². The fourth-order valence-corrected chi connectivity index (χ4v) is 12.5. The number of Topliss-reactive ketones (excluding diaryl/α,β-unsaturated/α-hetero) is 2. The second kappa shape index (κ2) is 24.8. The average Bonchev–Trinajstić information content (AvgIpc) is 3.86. The van der Waals surface area contributed by atoms with Crippen LogP contribution in [0.4, 0.5) is 0 Å². The Bertz CT molecular complexity index is 1980. The van der Waals surface area contributed by atoms with Gasteiger partial charge in [-0.15, -0.1) is 0 Å². The Morgan fingerprint density at radius 3 is 0.726 bits per heavy atom. The number of rotatable bonds is 6. The maximum atomic E-state index is 12.2. The molecule has 0 aromatic heterocycles. The van der Waals surface area contributed by atoms with Gasteiger partial charge in [-0.1, -0.05) is 224 Å². The summed E-state index contributed by atoms with van der Waals surface area (Å²) in [4.78, 5) is 25.2. The summed E-state index contributed by atoms with van der Waals surface area (Å²) < 4.78 is 4.94. The van der Waals surface area contributed by atoms with E-state index in [-0.39, 0.29) is 20.4 Å². The van der Waals surface area contributed by atoms with Gasteiger partial charge in [-0.3, -0.25) is 9.59 Å². The van der Waals surface area contributed by atoms with Gasteiger partial charge in [0, 0.05) is 13.2 Å². The fourth-order valence-electron chi connectivity index (χ4n) is 6.89. The molecule has 0 amide bonds. The Balaban J connectivity index is 0.000000192. The number of ether oxygens (including phenoxy) is 1. The number of hydrogen-bond acceptors (Lipinski definition) is 5. The van der Waals surface area contributed by atoms with E-state index in [1.807, 2.05) is 41.5 Å². The number of allylic oxidation sites excluding steroid dienone is 2. The minimum atomic E-state index is -0.494. The van der Waals surface area contributed by atoms with Crippen LogP contribution in [0.2, 0.25) is 0 Å². The van der Waals surface area contributed by atoms with E-state index in [1.54, 1.807) is 0 Å². The summed E-state index contributed by atoms with van der Waals surface area (Å²) in [6, 6.07) is 64.7. The van der Waals surface area contributed by atoms with Gasteiger partial charge in [0.15, 0.2) is 0 Å². The zero-order valence-corrected chi connectivity index (χ0v) is 41.4. The summed E-state index contributed by atoms with van der Waals surface area (Å²) in [5, 5.41) is 8.39. The van der Waals surface area contributed by atoms with Crippen molar-refractivity contribution in [3.63, 3.8) is 0 Å². The number of benzene rings is 6. The molecule has 322 valence electrons. The third kappa shape index (κ3) is 14.3. The first kappa shape index (κ1) is 50.7. The Kier molecular flexibility index (Phi) is 20.3. The van der Waals surface area contributed by atoms with Gasteiger partial charge < -0.3 is 30.0 Å². The largest absolute Gasteiger partial charge is 2.00 e. The topological polar surface area (TPSA) is 43.4 Å². The molecule has 0 unspecified atom stereocenters. The van der Waals surface area contributed by atoms with Crippen LogP contribution in [0, 0.1) is 10.8 Å². The molecule has 8 heteroatoms. The monoisotopic (exact) mass is 984 g/mol. The van der Waals surface area contributed by atoms with Crippen LogP contribution in [0.3, 0.4) is 0 Å². The molecule has 1 aliphatic carbocycles. The van der Waals surface area contributed by atoms with Crippen molar-refractivity contribution in [2.75, 3.05) is 13.2 Å². The molecule has 0 N–H and O–H groups in total. The molecule has 1 aliphatic heterocycles. The van der Waals surface area contributed by atoms with Crippen LogP contribution in [0.1, 0.15) is 54.4 Å². The molecule has 0 spiro atoms. The number of ketones is 2. The zero-order chi connectivity index (χ0) is 43.8. The molecule has 1 saturated heterocycles. The first-order chi connectivity index (χ1) is 29.3. The quantitative estimate of drug-likeness (QED) is 0.0547. The van der Waals surface area contributed by atoms with Crippen molar-refractivity contribution in [2.24, 2.45) is 10.8 Å². The van der Waals surface area contributed by atoms with Gasteiger partial charge in [-0.05, 0) is 82.5 Å². The third-order valence-electron chi connectivity index (χ3n) is 9.73. The first-order valence-corrected chi connectivity index (χ1v) is 24.2. The summed E-state index contributed by atoms with van der Waals surface area (Å²) in [6.45, 7) is 13.2. The summed E-state index contributed by atoms with van der Waals surface area (Å²) in [5.74, 6) is -0.989. The predicted molar refractivity (Wildman–Crippen MR) is 268 cm³/mol. The van der Waals surface area contributed by atoms with Crippen LogP contribution >= 0.6 is 15.8 Å². The summed E-state index contributed by atoms with van der Waals surface area (Å²) >= 11 is 10.6. The van der Waals surface area contributed by atoms with Crippen LogP contribution in [0.25, 0.3) is 0 Å². The van der Waals surface area contributed by atoms with Crippen molar-refractivity contribution in [3.05, 3.63) is 203 Å². The van der Waals surface area contributed by atoms with E-state index in [2.05, 4.69) is 182 Å².